The molecule has 1 saturated heterocycles. The van der Waals surface area contributed by atoms with E-state index in [2.05, 4.69) is 15.1 Å². The fraction of sp³-hybridized carbons (Fsp3) is 0.350. The number of nitro benzene ring substituents is 1. The van der Waals surface area contributed by atoms with Crippen LogP contribution >= 0.6 is 0 Å². The Bertz CT molecular complexity index is 850. The summed E-state index contributed by atoms with van der Waals surface area (Å²) in [7, 11) is 1.65. The van der Waals surface area contributed by atoms with E-state index in [0.29, 0.717) is 0 Å². The highest BCUT2D eigenvalue weighted by molar-refractivity contribution is 5.96. The van der Waals surface area contributed by atoms with Crippen LogP contribution < -0.4 is 15.0 Å². The highest BCUT2D eigenvalue weighted by Crippen LogP contribution is 2.25. The van der Waals surface area contributed by atoms with Gasteiger partial charge in [0.25, 0.3) is 5.69 Å². The monoisotopic (exact) mass is 384 g/mol. The summed E-state index contributed by atoms with van der Waals surface area (Å²) in [6, 6.07) is 13.7. The van der Waals surface area contributed by atoms with Gasteiger partial charge >= 0.3 is 0 Å². The molecule has 1 heterocycles. The average molecular weight is 384 g/mol. The van der Waals surface area contributed by atoms with Gasteiger partial charge in [-0.2, -0.15) is 0 Å². The van der Waals surface area contributed by atoms with E-state index in [1.807, 2.05) is 31.2 Å². The maximum atomic E-state index is 12.6. The molecular formula is C20H24N4O4. The molecule has 1 fully saturated rings. The van der Waals surface area contributed by atoms with Gasteiger partial charge < -0.3 is 15.0 Å². The van der Waals surface area contributed by atoms with E-state index in [-0.39, 0.29) is 23.3 Å². The number of nitrogens with one attached hydrogen (secondary N) is 1. The van der Waals surface area contributed by atoms with Crippen LogP contribution in [0.3, 0.4) is 0 Å². The van der Waals surface area contributed by atoms with Crippen molar-refractivity contribution in [3.63, 3.8) is 0 Å². The first-order valence-electron chi connectivity index (χ1n) is 9.17. The molecule has 148 valence electrons. The number of nitro groups is 1. The first-order valence-corrected chi connectivity index (χ1v) is 9.17. The van der Waals surface area contributed by atoms with E-state index in [9.17, 15) is 14.9 Å². The topological polar surface area (TPSA) is 88.0 Å². The van der Waals surface area contributed by atoms with Gasteiger partial charge in [-0.1, -0.05) is 18.2 Å². The zero-order chi connectivity index (χ0) is 20.1. The summed E-state index contributed by atoms with van der Waals surface area (Å²) in [5.74, 6) is 0.571. The molecule has 0 aromatic heterocycles. The number of benzene rings is 2. The van der Waals surface area contributed by atoms with Gasteiger partial charge in [0, 0.05) is 44.0 Å². The van der Waals surface area contributed by atoms with Gasteiger partial charge in [-0.25, -0.2) is 0 Å². The molecule has 1 amide bonds. The van der Waals surface area contributed by atoms with Crippen LogP contribution in [0.15, 0.2) is 48.5 Å². The standard InChI is InChI=1S/C20H24N4O4/c1-15(20(25)21-18-8-3-4-9-19(18)24(26)27)22-10-12-23(13-11-22)16-6-5-7-17(14-16)28-2/h3-9,14-15H,10-13H2,1-2H3,(H,21,25)/t15-/m1/s1. The molecule has 2 aromatic rings. The number of carbonyl (C=O) groups is 1. The van der Waals surface area contributed by atoms with E-state index in [1.54, 1.807) is 25.3 Å². The van der Waals surface area contributed by atoms with Gasteiger partial charge in [0.15, 0.2) is 0 Å². The molecule has 8 heteroatoms. The first kappa shape index (κ1) is 19.6. The molecule has 1 aliphatic heterocycles. The third-order valence-electron chi connectivity index (χ3n) is 5.02. The SMILES string of the molecule is COc1cccc(N2CCN([C@H](C)C(=O)Nc3ccccc3[N+](=O)[O-])CC2)c1. The average Bonchev–Trinajstić information content (AvgIpc) is 2.73. The molecule has 1 aliphatic rings. The highest BCUT2D eigenvalue weighted by atomic mass is 16.6. The van der Waals surface area contributed by atoms with Gasteiger partial charge in [-0.15, -0.1) is 0 Å². The van der Waals surface area contributed by atoms with Crippen LogP contribution in [-0.4, -0.2) is 55.1 Å². The zero-order valence-corrected chi connectivity index (χ0v) is 16.0. The molecule has 28 heavy (non-hydrogen) atoms. The molecule has 0 saturated carbocycles. The van der Waals surface area contributed by atoms with Gasteiger partial charge in [-0.05, 0) is 25.1 Å². The number of ether oxygens (including phenoxy) is 1. The van der Waals surface area contributed by atoms with Crippen molar-refractivity contribution in [2.45, 2.75) is 13.0 Å². The molecule has 0 aliphatic carbocycles. The number of rotatable bonds is 6. The fourth-order valence-corrected chi connectivity index (χ4v) is 3.32. The summed E-state index contributed by atoms with van der Waals surface area (Å²) in [6.45, 7) is 4.85. The Kier molecular flexibility index (Phi) is 6.10. The third-order valence-corrected chi connectivity index (χ3v) is 5.02. The van der Waals surface area contributed by atoms with Crippen molar-refractivity contribution in [2.75, 3.05) is 43.5 Å². The van der Waals surface area contributed by atoms with Crippen LogP contribution in [0.1, 0.15) is 6.92 Å². The summed E-state index contributed by atoms with van der Waals surface area (Å²) in [4.78, 5) is 27.6. The molecule has 8 nitrogen and oxygen atoms in total. The highest BCUT2D eigenvalue weighted by Gasteiger charge is 2.27. The van der Waals surface area contributed by atoms with Crippen molar-refractivity contribution in [1.29, 1.82) is 0 Å². The van der Waals surface area contributed by atoms with Crippen LogP contribution in [0.2, 0.25) is 0 Å². The minimum Gasteiger partial charge on any atom is -0.497 e. The predicted octanol–water partition coefficient (Wildman–Crippen LogP) is 2.75. The molecule has 0 unspecified atom stereocenters. The summed E-state index contributed by atoms with van der Waals surface area (Å²) in [5, 5.41) is 13.8. The smallest absolute Gasteiger partial charge is 0.292 e. The molecular weight excluding hydrogens is 360 g/mol. The molecule has 1 atom stereocenters. The normalized spacial score (nSPS) is 15.7. The largest absolute Gasteiger partial charge is 0.497 e. The minimum atomic E-state index is -0.493. The molecule has 3 rings (SSSR count). The van der Waals surface area contributed by atoms with Crippen molar-refractivity contribution in [2.24, 2.45) is 0 Å². The van der Waals surface area contributed by atoms with E-state index in [4.69, 9.17) is 4.74 Å². The summed E-state index contributed by atoms with van der Waals surface area (Å²) in [5.41, 5.74) is 1.21. The molecule has 0 bridgehead atoms. The van der Waals surface area contributed by atoms with Crippen LogP contribution in [0.4, 0.5) is 17.1 Å². The predicted molar refractivity (Wildman–Crippen MR) is 108 cm³/mol. The Morgan fingerprint density at radius 2 is 1.86 bits per heavy atom. The van der Waals surface area contributed by atoms with Gasteiger partial charge in [0.2, 0.25) is 5.91 Å². The molecule has 0 spiro atoms. The van der Waals surface area contributed by atoms with E-state index >= 15 is 0 Å². The van der Waals surface area contributed by atoms with Crippen LogP contribution in [0.5, 0.6) is 5.75 Å². The summed E-state index contributed by atoms with van der Waals surface area (Å²) < 4.78 is 5.28. The first-order chi connectivity index (χ1) is 13.5. The van der Waals surface area contributed by atoms with Crippen molar-refractivity contribution in [3.05, 3.63) is 58.6 Å². The lowest BCUT2D eigenvalue weighted by Gasteiger charge is -2.38. The number of methoxy groups -OCH3 is 1. The van der Waals surface area contributed by atoms with Gasteiger partial charge in [-0.3, -0.25) is 19.8 Å². The van der Waals surface area contributed by atoms with E-state index in [0.717, 1.165) is 37.6 Å². The second kappa shape index (κ2) is 8.71. The van der Waals surface area contributed by atoms with Crippen LogP contribution in [0.25, 0.3) is 0 Å². The van der Waals surface area contributed by atoms with E-state index in [1.165, 1.54) is 6.07 Å². The number of para-hydroxylation sites is 2. The number of hydrogen-bond acceptors (Lipinski definition) is 6. The third kappa shape index (κ3) is 4.40. The lowest BCUT2D eigenvalue weighted by atomic mass is 10.2. The molecule has 0 radical (unpaired) electrons. The number of anilines is 2. The maximum absolute atomic E-state index is 12.6. The Morgan fingerprint density at radius 1 is 1.14 bits per heavy atom. The number of carbonyl (C=O) groups excluding carboxylic acids is 1. The summed E-state index contributed by atoms with van der Waals surface area (Å²) in [6.07, 6.45) is 0. The molecule has 2 aromatic carbocycles. The number of hydrogen-bond donors (Lipinski definition) is 1. The van der Waals surface area contributed by atoms with Crippen molar-refractivity contribution < 1.29 is 14.5 Å². The zero-order valence-electron chi connectivity index (χ0n) is 16.0. The maximum Gasteiger partial charge on any atom is 0.292 e. The lowest BCUT2D eigenvalue weighted by molar-refractivity contribution is -0.383. The Morgan fingerprint density at radius 3 is 2.54 bits per heavy atom. The fourth-order valence-electron chi connectivity index (χ4n) is 3.32. The Hall–Kier alpha value is -3.13. The second-order valence-corrected chi connectivity index (χ2v) is 6.66. The lowest BCUT2D eigenvalue weighted by Crippen LogP contribution is -2.52. The second-order valence-electron chi connectivity index (χ2n) is 6.66. The summed E-state index contributed by atoms with van der Waals surface area (Å²) >= 11 is 0. The number of piperazine rings is 1. The molecule has 1 N–H and O–H groups in total. The quantitative estimate of drug-likeness (QED) is 0.609. The number of amides is 1. The minimum absolute atomic E-state index is 0.106. The van der Waals surface area contributed by atoms with Gasteiger partial charge in [0.05, 0.1) is 18.1 Å². The number of nitrogens with zero attached hydrogens (tertiary/aromatic N) is 3. The van der Waals surface area contributed by atoms with Crippen LogP contribution in [-0.2, 0) is 4.79 Å². The Labute approximate surface area is 163 Å². The van der Waals surface area contributed by atoms with Crippen molar-refractivity contribution in [3.8, 4) is 5.75 Å². The van der Waals surface area contributed by atoms with Crippen molar-refractivity contribution >= 4 is 23.0 Å². The van der Waals surface area contributed by atoms with Crippen molar-refractivity contribution in [1.82, 2.24) is 4.90 Å². The van der Waals surface area contributed by atoms with Gasteiger partial charge in [0.1, 0.15) is 11.4 Å². The van der Waals surface area contributed by atoms with Crippen LogP contribution in [0, 0.1) is 10.1 Å². The Balaban J connectivity index is 1.59. The van der Waals surface area contributed by atoms with E-state index < -0.39 is 4.92 Å².